The van der Waals surface area contributed by atoms with Gasteiger partial charge in [0, 0.05) is 44.0 Å². The van der Waals surface area contributed by atoms with Crippen LogP contribution in [0, 0.1) is 0 Å². The number of aromatic nitrogens is 1. The highest BCUT2D eigenvalue weighted by Gasteiger charge is 2.22. The van der Waals surface area contributed by atoms with Crippen molar-refractivity contribution in [2.24, 2.45) is 0 Å². The molecule has 0 saturated carbocycles. The van der Waals surface area contributed by atoms with Crippen molar-refractivity contribution in [3.05, 3.63) is 53.9 Å². The fourth-order valence-corrected chi connectivity index (χ4v) is 5.22. The third kappa shape index (κ3) is 14.3. The number of methoxy groups -OCH3 is 1. The second-order valence-electron chi connectivity index (χ2n) is 11.1. The van der Waals surface area contributed by atoms with Gasteiger partial charge in [-0.2, -0.15) is 0 Å². The summed E-state index contributed by atoms with van der Waals surface area (Å²) in [6.07, 6.45) is 20.3. The second kappa shape index (κ2) is 23.3. The van der Waals surface area contributed by atoms with E-state index in [9.17, 15) is 9.59 Å². The number of unbranched alkanes of at least 4 members (excludes halogenated alkanes) is 11. The molecule has 0 bridgehead atoms. The molecule has 0 aliphatic carbocycles. The molecule has 2 amide bonds. The van der Waals surface area contributed by atoms with Crippen LogP contribution in [0.15, 0.2) is 42.6 Å². The molecular formula is C35H55IN2O4. The average Bonchev–Trinajstić information content (AvgIpc) is 2.98. The lowest BCUT2D eigenvalue weighted by Crippen LogP contribution is -3.00. The van der Waals surface area contributed by atoms with E-state index in [1.807, 2.05) is 12.1 Å². The Morgan fingerprint density at radius 3 is 2.02 bits per heavy atom. The SMILES string of the molecule is CCCCCCCCCCCCCCOc1ccc(C(=O)N(CCCc2cccc[n+]2CCC)C(C)=O)cc1OC.[I-]. The van der Waals surface area contributed by atoms with Gasteiger partial charge in [-0.25, -0.2) is 4.57 Å². The van der Waals surface area contributed by atoms with E-state index in [1.165, 1.54) is 81.7 Å². The minimum absolute atomic E-state index is 0. The second-order valence-corrected chi connectivity index (χ2v) is 11.1. The van der Waals surface area contributed by atoms with E-state index in [1.54, 1.807) is 25.3 Å². The maximum Gasteiger partial charge on any atom is 0.260 e. The zero-order valence-corrected chi connectivity index (χ0v) is 28.8. The fourth-order valence-electron chi connectivity index (χ4n) is 5.22. The van der Waals surface area contributed by atoms with Crippen LogP contribution >= 0.6 is 0 Å². The van der Waals surface area contributed by atoms with Crippen molar-refractivity contribution in [2.75, 3.05) is 20.3 Å². The van der Waals surface area contributed by atoms with Gasteiger partial charge in [-0.1, -0.05) is 90.5 Å². The minimum atomic E-state index is -0.308. The smallest absolute Gasteiger partial charge is 0.260 e. The molecule has 1 aromatic carbocycles. The summed E-state index contributed by atoms with van der Waals surface area (Å²) in [5.74, 6) is 0.586. The molecular weight excluding hydrogens is 639 g/mol. The Hall–Kier alpha value is -2.16. The summed E-state index contributed by atoms with van der Waals surface area (Å²) in [5.41, 5.74) is 1.64. The molecule has 0 unspecified atom stereocenters. The largest absolute Gasteiger partial charge is 1.00 e. The van der Waals surface area contributed by atoms with Crippen LogP contribution in [0.5, 0.6) is 11.5 Å². The predicted molar refractivity (Wildman–Crippen MR) is 167 cm³/mol. The first-order valence-electron chi connectivity index (χ1n) is 16.1. The number of carbonyl (C=O) groups excluding carboxylic acids is 2. The molecule has 0 saturated heterocycles. The molecule has 42 heavy (non-hydrogen) atoms. The van der Waals surface area contributed by atoms with Gasteiger partial charge in [-0.15, -0.1) is 0 Å². The summed E-state index contributed by atoms with van der Waals surface area (Å²) in [5, 5.41) is 0. The Morgan fingerprint density at radius 1 is 0.786 bits per heavy atom. The molecule has 236 valence electrons. The first-order chi connectivity index (χ1) is 20.0. The third-order valence-corrected chi connectivity index (χ3v) is 7.61. The summed E-state index contributed by atoms with van der Waals surface area (Å²) in [6.45, 7) is 7.82. The van der Waals surface area contributed by atoms with Crippen LogP contribution in [-0.4, -0.2) is 37.0 Å². The predicted octanol–water partition coefficient (Wildman–Crippen LogP) is 5.10. The fraction of sp³-hybridized carbons (Fsp3) is 0.629. The Morgan fingerprint density at radius 2 is 1.43 bits per heavy atom. The monoisotopic (exact) mass is 694 g/mol. The van der Waals surface area contributed by atoms with Crippen LogP contribution in [0.3, 0.4) is 0 Å². The number of rotatable bonds is 22. The van der Waals surface area contributed by atoms with Crippen LogP contribution in [0.2, 0.25) is 0 Å². The third-order valence-electron chi connectivity index (χ3n) is 7.61. The summed E-state index contributed by atoms with van der Waals surface area (Å²) in [7, 11) is 1.58. The molecule has 0 fully saturated rings. The van der Waals surface area contributed by atoms with Crippen molar-refractivity contribution < 1.29 is 47.6 Å². The maximum absolute atomic E-state index is 13.3. The normalized spacial score (nSPS) is 10.7. The molecule has 0 aliphatic heterocycles. The van der Waals surface area contributed by atoms with E-state index < -0.39 is 0 Å². The molecule has 1 aromatic heterocycles. The quantitative estimate of drug-likeness (QED) is 0.0979. The zero-order valence-electron chi connectivity index (χ0n) is 26.7. The van der Waals surface area contributed by atoms with E-state index in [2.05, 4.69) is 30.7 Å². The maximum atomic E-state index is 13.3. The molecule has 0 atom stereocenters. The van der Waals surface area contributed by atoms with Crippen molar-refractivity contribution in [3.63, 3.8) is 0 Å². The topological polar surface area (TPSA) is 59.7 Å². The number of hydrogen-bond acceptors (Lipinski definition) is 4. The molecule has 0 radical (unpaired) electrons. The number of carbonyl (C=O) groups is 2. The number of halogens is 1. The average molecular weight is 695 g/mol. The van der Waals surface area contributed by atoms with E-state index in [-0.39, 0.29) is 35.8 Å². The van der Waals surface area contributed by atoms with Gasteiger partial charge >= 0.3 is 0 Å². The number of ether oxygens (including phenoxy) is 2. The summed E-state index contributed by atoms with van der Waals surface area (Å²) >= 11 is 0. The van der Waals surface area contributed by atoms with E-state index in [0.717, 1.165) is 32.2 Å². The number of imide groups is 1. The molecule has 6 nitrogen and oxygen atoms in total. The first kappa shape index (κ1) is 37.9. The highest BCUT2D eigenvalue weighted by Crippen LogP contribution is 2.29. The van der Waals surface area contributed by atoms with Crippen LogP contribution in [0.1, 0.15) is 127 Å². The van der Waals surface area contributed by atoms with Gasteiger partial charge in [-0.3, -0.25) is 14.5 Å². The van der Waals surface area contributed by atoms with Crippen molar-refractivity contribution in [1.82, 2.24) is 4.90 Å². The lowest BCUT2D eigenvalue weighted by molar-refractivity contribution is -0.704. The van der Waals surface area contributed by atoms with Crippen LogP contribution in [0.25, 0.3) is 0 Å². The lowest BCUT2D eigenvalue weighted by Gasteiger charge is -2.20. The van der Waals surface area contributed by atoms with E-state index in [4.69, 9.17) is 9.47 Å². The van der Waals surface area contributed by atoms with Crippen LogP contribution in [0.4, 0.5) is 0 Å². The van der Waals surface area contributed by atoms with Crippen molar-refractivity contribution in [3.8, 4) is 11.5 Å². The number of hydrogen-bond donors (Lipinski definition) is 0. The Labute approximate surface area is 272 Å². The molecule has 1 heterocycles. The standard InChI is InChI=1S/C35H55N2O4.HI/c1-5-7-8-9-10-11-12-13-14-15-16-19-28-41-33-24-23-31(29-34(33)40-4)35(39)37(30(3)38)27-20-22-32-21-17-18-26-36(32)25-6-2;/h17-18,21,23-24,26,29H,5-16,19-20,22,25,27-28H2,1-4H3;1H/q+1;/p-1. The number of nitrogens with zero attached hydrogens (tertiary/aromatic N) is 2. The van der Waals surface area contributed by atoms with Crippen LogP contribution < -0.4 is 38.0 Å². The first-order valence-corrected chi connectivity index (χ1v) is 16.1. The molecule has 7 heteroatoms. The van der Waals surface area contributed by atoms with E-state index in [0.29, 0.717) is 36.6 Å². The zero-order chi connectivity index (χ0) is 29.7. The van der Waals surface area contributed by atoms with Crippen molar-refractivity contribution in [1.29, 1.82) is 0 Å². The molecule has 2 rings (SSSR count). The Bertz CT molecular complexity index is 1030. The molecule has 2 aromatic rings. The number of benzene rings is 1. The van der Waals surface area contributed by atoms with Gasteiger partial charge < -0.3 is 33.5 Å². The van der Waals surface area contributed by atoms with Crippen LogP contribution in [-0.2, 0) is 17.8 Å². The number of pyridine rings is 1. The molecule has 0 spiro atoms. The number of aryl methyl sites for hydroxylation is 2. The Kier molecular flexibility index (Phi) is 21.0. The van der Waals surface area contributed by atoms with Gasteiger partial charge in [0.15, 0.2) is 23.4 Å². The van der Waals surface area contributed by atoms with Gasteiger partial charge in [-0.05, 0) is 31.0 Å². The highest BCUT2D eigenvalue weighted by molar-refractivity contribution is 6.04. The van der Waals surface area contributed by atoms with Crippen molar-refractivity contribution in [2.45, 2.75) is 124 Å². The van der Waals surface area contributed by atoms with Gasteiger partial charge in [0.25, 0.3) is 5.91 Å². The highest BCUT2D eigenvalue weighted by atomic mass is 127. The molecule has 0 N–H and O–H groups in total. The summed E-state index contributed by atoms with van der Waals surface area (Å²) < 4.78 is 13.8. The Balaban J connectivity index is 0.00000882. The van der Waals surface area contributed by atoms with E-state index >= 15 is 0 Å². The molecule has 0 aliphatic rings. The lowest BCUT2D eigenvalue weighted by atomic mass is 10.1. The summed E-state index contributed by atoms with van der Waals surface area (Å²) in [6, 6.07) is 11.4. The van der Waals surface area contributed by atoms with Gasteiger partial charge in [0.1, 0.15) is 6.54 Å². The minimum Gasteiger partial charge on any atom is -1.00 e. The van der Waals surface area contributed by atoms with Gasteiger partial charge in [0.2, 0.25) is 5.91 Å². The summed E-state index contributed by atoms with van der Waals surface area (Å²) in [4.78, 5) is 27.0. The number of amides is 2. The van der Waals surface area contributed by atoms with Gasteiger partial charge in [0.05, 0.1) is 13.7 Å². The van der Waals surface area contributed by atoms with Crippen molar-refractivity contribution >= 4 is 11.8 Å².